The number of amides is 2. The van der Waals surface area contributed by atoms with Crippen molar-refractivity contribution in [1.29, 1.82) is 0 Å². The average molecular weight is 365 g/mol. The molecule has 1 aromatic rings. The third kappa shape index (κ3) is 5.40. The summed E-state index contributed by atoms with van der Waals surface area (Å²) >= 11 is 5.88. The Morgan fingerprint density at radius 3 is 2.29 bits per heavy atom. The van der Waals surface area contributed by atoms with E-state index in [1.807, 2.05) is 0 Å². The number of nitrogens with one attached hydrogen (secondary N) is 2. The van der Waals surface area contributed by atoms with Crippen molar-refractivity contribution in [1.82, 2.24) is 10.6 Å². The predicted octanol–water partition coefficient (Wildman–Crippen LogP) is 3.53. The molecule has 0 spiro atoms. The third-order valence-electron chi connectivity index (χ3n) is 3.34. The molecule has 8 heteroatoms. The van der Waals surface area contributed by atoms with Crippen molar-refractivity contribution in [3.05, 3.63) is 34.3 Å². The van der Waals surface area contributed by atoms with Crippen LogP contribution in [0.1, 0.15) is 38.8 Å². The second-order valence-electron chi connectivity index (χ2n) is 6.26. The summed E-state index contributed by atoms with van der Waals surface area (Å²) in [6.45, 7) is 6.22. The number of halogens is 4. The Balaban J connectivity index is 2.82. The third-order valence-corrected chi connectivity index (χ3v) is 3.71. The van der Waals surface area contributed by atoms with Crippen molar-refractivity contribution >= 4 is 23.4 Å². The highest BCUT2D eigenvalue weighted by Crippen LogP contribution is 2.31. The SMILES string of the molecule is CC(C)C(=O)NC(C)(C)C(=O)NCc1cc(C(F)(F)F)ccc1Cl. The van der Waals surface area contributed by atoms with Gasteiger partial charge in [-0.1, -0.05) is 25.4 Å². The lowest BCUT2D eigenvalue weighted by Crippen LogP contribution is -2.55. The van der Waals surface area contributed by atoms with Crippen LogP contribution in [-0.2, 0) is 22.3 Å². The fraction of sp³-hybridized carbons (Fsp3) is 0.500. The van der Waals surface area contributed by atoms with Crippen LogP contribution >= 0.6 is 11.6 Å². The fourth-order valence-corrected chi connectivity index (χ4v) is 1.98. The minimum atomic E-state index is -4.49. The maximum atomic E-state index is 12.7. The monoisotopic (exact) mass is 364 g/mol. The van der Waals surface area contributed by atoms with Crippen molar-refractivity contribution < 1.29 is 22.8 Å². The molecule has 134 valence electrons. The zero-order valence-electron chi connectivity index (χ0n) is 13.8. The maximum Gasteiger partial charge on any atom is 0.416 e. The van der Waals surface area contributed by atoms with Gasteiger partial charge in [-0.15, -0.1) is 0 Å². The molecule has 0 radical (unpaired) electrons. The van der Waals surface area contributed by atoms with Gasteiger partial charge in [-0.3, -0.25) is 9.59 Å². The normalized spacial score (nSPS) is 12.2. The molecule has 0 unspecified atom stereocenters. The van der Waals surface area contributed by atoms with Crippen molar-refractivity contribution in [3.63, 3.8) is 0 Å². The molecule has 0 fully saturated rings. The first-order valence-electron chi connectivity index (χ1n) is 7.30. The van der Waals surface area contributed by atoms with E-state index in [1.54, 1.807) is 13.8 Å². The first-order chi connectivity index (χ1) is 10.8. The van der Waals surface area contributed by atoms with Gasteiger partial charge in [0.25, 0.3) is 0 Å². The van der Waals surface area contributed by atoms with Gasteiger partial charge in [-0.25, -0.2) is 0 Å². The standard InChI is InChI=1S/C16H20ClF3N2O2/c1-9(2)13(23)22-15(3,4)14(24)21-8-10-7-11(16(18,19)20)5-6-12(10)17/h5-7,9H,8H2,1-4H3,(H,21,24)(H,22,23). The summed E-state index contributed by atoms with van der Waals surface area (Å²) in [4.78, 5) is 23.9. The highest BCUT2D eigenvalue weighted by Gasteiger charge is 2.32. The highest BCUT2D eigenvalue weighted by molar-refractivity contribution is 6.31. The number of alkyl halides is 3. The van der Waals surface area contributed by atoms with Crippen LogP contribution < -0.4 is 10.6 Å². The van der Waals surface area contributed by atoms with Gasteiger partial charge in [0.05, 0.1) is 5.56 Å². The van der Waals surface area contributed by atoms with Gasteiger partial charge < -0.3 is 10.6 Å². The van der Waals surface area contributed by atoms with Crippen LogP contribution in [0.25, 0.3) is 0 Å². The molecule has 2 amide bonds. The molecule has 0 atom stereocenters. The largest absolute Gasteiger partial charge is 0.416 e. The number of rotatable bonds is 5. The lowest BCUT2D eigenvalue weighted by atomic mass is 10.0. The number of benzene rings is 1. The second-order valence-corrected chi connectivity index (χ2v) is 6.66. The van der Waals surface area contributed by atoms with Gasteiger partial charge >= 0.3 is 6.18 Å². The van der Waals surface area contributed by atoms with E-state index in [0.717, 1.165) is 18.2 Å². The molecule has 24 heavy (non-hydrogen) atoms. The summed E-state index contributed by atoms with van der Waals surface area (Å²) in [7, 11) is 0. The van der Waals surface area contributed by atoms with E-state index < -0.39 is 23.2 Å². The van der Waals surface area contributed by atoms with Crippen LogP contribution in [0.15, 0.2) is 18.2 Å². The Bertz CT molecular complexity index is 628. The number of hydrogen-bond acceptors (Lipinski definition) is 2. The zero-order valence-corrected chi connectivity index (χ0v) is 14.6. The maximum absolute atomic E-state index is 12.7. The summed E-state index contributed by atoms with van der Waals surface area (Å²) < 4.78 is 38.2. The van der Waals surface area contributed by atoms with Gasteiger partial charge in [-0.2, -0.15) is 13.2 Å². The second kappa shape index (κ2) is 7.42. The molecule has 0 aliphatic heterocycles. The molecule has 1 aromatic carbocycles. The molecule has 1 rings (SSSR count). The van der Waals surface area contributed by atoms with E-state index in [9.17, 15) is 22.8 Å². The van der Waals surface area contributed by atoms with E-state index in [-0.39, 0.29) is 29.0 Å². The number of hydrogen-bond donors (Lipinski definition) is 2. The molecule has 0 heterocycles. The fourth-order valence-electron chi connectivity index (χ4n) is 1.79. The van der Waals surface area contributed by atoms with Crippen LogP contribution in [0.4, 0.5) is 13.2 Å². The zero-order chi connectivity index (χ0) is 18.7. The molecule has 0 aliphatic carbocycles. The van der Waals surface area contributed by atoms with Crippen LogP contribution in [-0.4, -0.2) is 17.4 Å². The molecule has 0 bridgehead atoms. The van der Waals surface area contributed by atoms with E-state index in [1.165, 1.54) is 13.8 Å². The Morgan fingerprint density at radius 2 is 1.79 bits per heavy atom. The number of carbonyl (C=O) groups is 2. The molecule has 0 aromatic heterocycles. The lowest BCUT2D eigenvalue weighted by Gasteiger charge is -2.26. The van der Waals surface area contributed by atoms with Crippen LogP contribution in [0.2, 0.25) is 5.02 Å². The van der Waals surface area contributed by atoms with Crippen molar-refractivity contribution in [2.24, 2.45) is 5.92 Å². The highest BCUT2D eigenvalue weighted by atomic mass is 35.5. The Morgan fingerprint density at radius 1 is 1.21 bits per heavy atom. The summed E-state index contributed by atoms with van der Waals surface area (Å²) in [6, 6.07) is 2.90. The quantitative estimate of drug-likeness (QED) is 0.839. The van der Waals surface area contributed by atoms with Crippen LogP contribution in [0.5, 0.6) is 0 Å². The van der Waals surface area contributed by atoms with Crippen LogP contribution in [0, 0.1) is 5.92 Å². The van der Waals surface area contributed by atoms with E-state index >= 15 is 0 Å². The molecule has 0 aliphatic rings. The summed E-state index contributed by atoms with van der Waals surface area (Å²) in [5.41, 5.74) is -1.90. The van der Waals surface area contributed by atoms with Crippen molar-refractivity contribution in [2.75, 3.05) is 0 Å². The Hall–Kier alpha value is -1.76. The van der Waals surface area contributed by atoms with E-state index in [2.05, 4.69) is 10.6 Å². The molecular formula is C16H20ClF3N2O2. The minimum Gasteiger partial charge on any atom is -0.350 e. The van der Waals surface area contributed by atoms with Crippen molar-refractivity contribution in [2.45, 2.75) is 46.0 Å². The van der Waals surface area contributed by atoms with Gasteiger partial charge in [0.2, 0.25) is 11.8 Å². The predicted molar refractivity (Wildman–Crippen MR) is 85.4 cm³/mol. The summed E-state index contributed by atoms with van der Waals surface area (Å²) in [5.74, 6) is -1.12. The van der Waals surface area contributed by atoms with E-state index in [4.69, 9.17) is 11.6 Å². The van der Waals surface area contributed by atoms with Crippen LogP contribution in [0.3, 0.4) is 0 Å². The molecule has 2 N–H and O–H groups in total. The molecular weight excluding hydrogens is 345 g/mol. The average Bonchev–Trinajstić information content (AvgIpc) is 2.44. The first-order valence-corrected chi connectivity index (χ1v) is 7.68. The summed E-state index contributed by atoms with van der Waals surface area (Å²) in [5, 5.41) is 5.19. The smallest absolute Gasteiger partial charge is 0.350 e. The van der Waals surface area contributed by atoms with Gasteiger partial charge in [0.15, 0.2) is 0 Å². The van der Waals surface area contributed by atoms with E-state index in [0.29, 0.717) is 0 Å². The molecule has 0 saturated heterocycles. The lowest BCUT2D eigenvalue weighted by molar-refractivity contribution is -0.137. The Labute approximate surface area is 143 Å². The van der Waals surface area contributed by atoms with Gasteiger partial charge in [0.1, 0.15) is 5.54 Å². The van der Waals surface area contributed by atoms with Gasteiger partial charge in [0, 0.05) is 17.5 Å². The first kappa shape index (κ1) is 20.3. The van der Waals surface area contributed by atoms with Gasteiger partial charge in [-0.05, 0) is 37.6 Å². The molecule has 0 saturated carbocycles. The number of carbonyl (C=O) groups excluding carboxylic acids is 2. The minimum absolute atomic E-state index is 0.118. The van der Waals surface area contributed by atoms with Crippen molar-refractivity contribution in [3.8, 4) is 0 Å². The summed E-state index contributed by atoms with van der Waals surface area (Å²) in [6.07, 6.45) is -4.49. The Kier molecular flexibility index (Phi) is 6.27. The topological polar surface area (TPSA) is 58.2 Å². The molecule has 4 nitrogen and oxygen atoms in total.